The summed E-state index contributed by atoms with van der Waals surface area (Å²) in [5.41, 5.74) is 3.31. The second kappa shape index (κ2) is 6.36. The van der Waals surface area contributed by atoms with Crippen LogP contribution in [-0.4, -0.2) is 42.5 Å². The number of hydrogen-bond donors (Lipinski definition) is 2. The second-order valence-corrected chi connectivity index (χ2v) is 7.75. The highest BCUT2D eigenvalue weighted by molar-refractivity contribution is 5.77. The minimum absolute atomic E-state index is 0.0795. The van der Waals surface area contributed by atoms with Gasteiger partial charge in [0.05, 0.1) is 0 Å². The van der Waals surface area contributed by atoms with Gasteiger partial charge in [0.25, 0.3) is 0 Å². The molecule has 1 saturated heterocycles. The van der Waals surface area contributed by atoms with Gasteiger partial charge in [-0.05, 0) is 42.7 Å². The first-order chi connectivity index (χ1) is 12.1. The molecule has 2 N–H and O–H groups in total. The number of fused-ring (bicyclic) bond motifs is 2. The average molecular weight is 341 g/mol. The molecule has 1 heterocycles. The zero-order chi connectivity index (χ0) is 17.4. The number of aryl methyl sites for hydroxylation is 1. The molecule has 134 valence electrons. The molecule has 0 unspecified atom stereocenters. The van der Waals surface area contributed by atoms with E-state index in [0.717, 1.165) is 19.5 Å². The Balaban J connectivity index is 1.24. The van der Waals surface area contributed by atoms with E-state index in [1.807, 2.05) is 11.8 Å². The highest BCUT2D eigenvalue weighted by Gasteiger charge is 2.57. The van der Waals surface area contributed by atoms with Crippen molar-refractivity contribution in [2.24, 2.45) is 5.92 Å². The Labute approximate surface area is 149 Å². The Hall–Kier alpha value is -2.04. The van der Waals surface area contributed by atoms with Gasteiger partial charge in [0.15, 0.2) is 0 Å². The number of amides is 3. The molecule has 1 aromatic carbocycles. The number of likely N-dealkylation sites (tertiary alicyclic amines) is 1. The summed E-state index contributed by atoms with van der Waals surface area (Å²) >= 11 is 0. The highest BCUT2D eigenvalue weighted by atomic mass is 16.2. The third-order valence-corrected chi connectivity index (χ3v) is 6.31. The summed E-state index contributed by atoms with van der Waals surface area (Å²) in [6, 6.07) is 8.74. The molecule has 2 aliphatic carbocycles. The lowest BCUT2D eigenvalue weighted by Gasteiger charge is -2.17. The van der Waals surface area contributed by atoms with Crippen LogP contribution in [0.25, 0.3) is 0 Å². The molecule has 1 spiro atoms. The van der Waals surface area contributed by atoms with E-state index >= 15 is 0 Å². The van der Waals surface area contributed by atoms with Crippen molar-refractivity contribution >= 4 is 11.9 Å². The van der Waals surface area contributed by atoms with Crippen LogP contribution in [0.3, 0.4) is 0 Å². The molecule has 2 fully saturated rings. The molecular formula is C20H27N3O2. The summed E-state index contributed by atoms with van der Waals surface area (Å²) in [5.74, 6) is 0.730. The number of carbonyl (C=O) groups is 2. The van der Waals surface area contributed by atoms with Crippen molar-refractivity contribution < 1.29 is 9.59 Å². The Morgan fingerprint density at radius 2 is 2.16 bits per heavy atom. The van der Waals surface area contributed by atoms with Gasteiger partial charge >= 0.3 is 6.03 Å². The molecule has 3 aliphatic rings. The normalized spacial score (nSPS) is 29.6. The number of carbonyl (C=O) groups excluding carboxylic acids is 2. The predicted molar refractivity (Wildman–Crippen MR) is 96.4 cm³/mol. The third-order valence-electron chi connectivity index (χ3n) is 6.31. The lowest BCUT2D eigenvalue weighted by molar-refractivity contribution is -0.129. The van der Waals surface area contributed by atoms with E-state index in [1.165, 1.54) is 30.4 Å². The summed E-state index contributed by atoms with van der Waals surface area (Å²) in [7, 11) is 0. The first-order valence-electron chi connectivity index (χ1n) is 9.53. The van der Waals surface area contributed by atoms with Crippen molar-refractivity contribution in [3.05, 3.63) is 35.4 Å². The van der Waals surface area contributed by atoms with Crippen molar-refractivity contribution in [3.63, 3.8) is 0 Å². The maximum atomic E-state index is 12.2. The lowest BCUT2D eigenvalue weighted by atomic mass is 9.95. The van der Waals surface area contributed by atoms with E-state index in [9.17, 15) is 9.59 Å². The molecule has 0 bridgehead atoms. The van der Waals surface area contributed by atoms with Crippen LogP contribution in [0.1, 0.15) is 43.7 Å². The largest absolute Gasteiger partial charge is 0.341 e. The van der Waals surface area contributed by atoms with Gasteiger partial charge in [-0.25, -0.2) is 4.79 Å². The smallest absolute Gasteiger partial charge is 0.315 e. The minimum atomic E-state index is -0.0934. The molecule has 3 atom stereocenters. The molecule has 5 heteroatoms. The monoisotopic (exact) mass is 341 g/mol. The molecule has 0 radical (unpaired) electrons. The summed E-state index contributed by atoms with van der Waals surface area (Å²) in [6.07, 6.45) is 4.95. The first-order valence-corrected chi connectivity index (χ1v) is 9.53. The summed E-state index contributed by atoms with van der Waals surface area (Å²) in [5, 5.41) is 6.08. The molecule has 3 amide bonds. The molecular weight excluding hydrogens is 314 g/mol. The van der Waals surface area contributed by atoms with Crippen LogP contribution in [0, 0.1) is 5.92 Å². The van der Waals surface area contributed by atoms with Gasteiger partial charge in [0, 0.05) is 37.5 Å². The lowest BCUT2D eigenvalue weighted by Crippen LogP contribution is -2.44. The summed E-state index contributed by atoms with van der Waals surface area (Å²) in [6.45, 7) is 4.01. The number of nitrogens with zero attached hydrogens (tertiary/aromatic N) is 1. The average Bonchev–Trinajstić information content (AvgIpc) is 2.94. The van der Waals surface area contributed by atoms with Crippen LogP contribution in [0.2, 0.25) is 0 Å². The maximum Gasteiger partial charge on any atom is 0.315 e. The molecule has 25 heavy (non-hydrogen) atoms. The Morgan fingerprint density at radius 1 is 1.32 bits per heavy atom. The van der Waals surface area contributed by atoms with E-state index in [1.54, 1.807) is 0 Å². The molecule has 0 aromatic heterocycles. The molecule has 4 rings (SSSR count). The fourth-order valence-electron chi connectivity index (χ4n) is 4.78. The van der Waals surface area contributed by atoms with Crippen molar-refractivity contribution in [3.8, 4) is 0 Å². The highest BCUT2D eigenvalue weighted by Crippen LogP contribution is 2.61. The van der Waals surface area contributed by atoms with Crippen molar-refractivity contribution in [2.45, 2.75) is 50.5 Å². The predicted octanol–water partition coefficient (Wildman–Crippen LogP) is 2.20. The molecule has 1 saturated carbocycles. The van der Waals surface area contributed by atoms with Crippen LogP contribution in [-0.2, 0) is 16.6 Å². The zero-order valence-corrected chi connectivity index (χ0v) is 14.9. The molecule has 1 aromatic rings. The number of rotatable bonds is 4. The Kier molecular flexibility index (Phi) is 4.18. The number of nitrogens with one attached hydrogen (secondary N) is 2. The van der Waals surface area contributed by atoms with Gasteiger partial charge in [0.2, 0.25) is 5.91 Å². The number of urea groups is 1. The fraction of sp³-hybridized carbons (Fsp3) is 0.600. The number of hydrogen-bond acceptors (Lipinski definition) is 2. The zero-order valence-electron chi connectivity index (χ0n) is 14.9. The van der Waals surface area contributed by atoms with Gasteiger partial charge in [-0.3, -0.25) is 4.79 Å². The van der Waals surface area contributed by atoms with E-state index in [2.05, 4.69) is 34.9 Å². The summed E-state index contributed by atoms with van der Waals surface area (Å²) < 4.78 is 0. The van der Waals surface area contributed by atoms with Crippen molar-refractivity contribution in [1.82, 2.24) is 15.5 Å². The van der Waals surface area contributed by atoms with E-state index in [0.29, 0.717) is 24.3 Å². The quantitative estimate of drug-likeness (QED) is 0.882. The van der Waals surface area contributed by atoms with Crippen molar-refractivity contribution in [1.29, 1.82) is 0 Å². The van der Waals surface area contributed by atoms with E-state index < -0.39 is 0 Å². The van der Waals surface area contributed by atoms with Crippen LogP contribution in [0.4, 0.5) is 4.79 Å². The minimum Gasteiger partial charge on any atom is -0.341 e. The van der Waals surface area contributed by atoms with Gasteiger partial charge < -0.3 is 15.5 Å². The van der Waals surface area contributed by atoms with Gasteiger partial charge in [0.1, 0.15) is 0 Å². The van der Waals surface area contributed by atoms with Gasteiger partial charge in [-0.2, -0.15) is 0 Å². The van der Waals surface area contributed by atoms with Crippen LogP contribution < -0.4 is 10.6 Å². The molecule has 1 aliphatic heterocycles. The maximum absolute atomic E-state index is 12.2. The van der Waals surface area contributed by atoms with Gasteiger partial charge in [-0.15, -0.1) is 0 Å². The topological polar surface area (TPSA) is 61.4 Å². The van der Waals surface area contributed by atoms with E-state index in [-0.39, 0.29) is 18.0 Å². The van der Waals surface area contributed by atoms with Crippen molar-refractivity contribution in [2.75, 3.05) is 19.6 Å². The SMILES string of the molecule is CCC(=O)N1CC[C@H](NC(=O)NC[C@H]2C[C@@]23CCc2ccccc23)C1. The summed E-state index contributed by atoms with van der Waals surface area (Å²) in [4.78, 5) is 25.8. The second-order valence-electron chi connectivity index (χ2n) is 7.75. The van der Waals surface area contributed by atoms with Crippen LogP contribution in [0.5, 0.6) is 0 Å². The fourth-order valence-corrected chi connectivity index (χ4v) is 4.78. The Bertz CT molecular complexity index is 689. The van der Waals surface area contributed by atoms with Gasteiger partial charge in [-0.1, -0.05) is 31.2 Å². The standard InChI is InChI=1S/C20H27N3O2/c1-2-18(24)23-10-8-16(13-23)22-19(25)21-12-15-11-20(15)9-7-14-5-3-4-6-17(14)20/h3-6,15-16H,2,7-13H2,1H3,(H2,21,22,25)/t15-,16+,20+/m1/s1. The first kappa shape index (κ1) is 16.4. The van der Waals surface area contributed by atoms with Crippen LogP contribution >= 0.6 is 0 Å². The number of benzene rings is 1. The third kappa shape index (κ3) is 3.00. The Morgan fingerprint density at radius 3 is 3.00 bits per heavy atom. The van der Waals surface area contributed by atoms with Crippen LogP contribution in [0.15, 0.2) is 24.3 Å². The molecule has 5 nitrogen and oxygen atoms in total. The van der Waals surface area contributed by atoms with E-state index in [4.69, 9.17) is 0 Å².